The number of benzene rings is 1. The lowest BCUT2D eigenvalue weighted by Gasteiger charge is -2.19. The topological polar surface area (TPSA) is 54.0 Å². The molecule has 0 saturated heterocycles. The van der Waals surface area contributed by atoms with Crippen LogP contribution in [0.3, 0.4) is 0 Å². The van der Waals surface area contributed by atoms with Crippen LogP contribution in [0.5, 0.6) is 0 Å². The average molecular weight is 363 g/mol. The maximum atomic E-state index is 6.04. The fourth-order valence-electron chi connectivity index (χ4n) is 2.44. The van der Waals surface area contributed by atoms with Crippen molar-refractivity contribution in [3.8, 4) is 0 Å². The van der Waals surface area contributed by atoms with Crippen molar-refractivity contribution < 1.29 is 0 Å². The first-order valence-corrected chi connectivity index (χ1v) is 8.99. The van der Waals surface area contributed by atoms with Crippen LogP contribution in [-0.2, 0) is 0 Å². The van der Waals surface area contributed by atoms with Crippen molar-refractivity contribution in [3.05, 3.63) is 50.9 Å². The maximum absolute atomic E-state index is 6.04. The number of nitrogens with zero attached hydrogens (tertiary/aromatic N) is 3. The number of halogens is 1. The van der Waals surface area contributed by atoms with E-state index in [4.69, 9.17) is 22.4 Å². The molecule has 2 rings (SSSR count). The zero-order chi connectivity index (χ0) is 17.9. The number of thiophene rings is 1. The molecule has 1 aromatic carbocycles. The van der Waals surface area contributed by atoms with Crippen molar-refractivity contribution in [2.45, 2.75) is 27.7 Å². The number of hydrogen-bond donors (Lipinski definition) is 1. The summed E-state index contributed by atoms with van der Waals surface area (Å²) in [7, 11) is 1.98. The highest BCUT2D eigenvalue weighted by Crippen LogP contribution is 2.37. The van der Waals surface area contributed by atoms with Crippen molar-refractivity contribution in [2.75, 3.05) is 18.5 Å². The Hall–Kier alpha value is -1.85. The molecular weight excluding hydrogens is 340 g/mol. The molecule has 0 amide bonds. The zero-order valence-corrected chi connectivity index (χ0v) is 16.3. The van der Waals surface area contributed by atoms with E-state index in [9.17, 15) is 0 Å². The summed E-state index contributed by atoms with van der Waals surface area (Å²) in [6, 6.07) is 7.81. The third-order valence-corrected chi connectivity index (χ3v) is 5.55. The van der Waals surface area contributed by atoms with Gasteiger partial charge in [-0.05, 0) is 45.4 Å². The third kappa shape index (κ3) is 3.62. The molecule has 0 bridgehead atoms. The molecule has 1 heterocycles. The van der Waals surface area contributed by atoms with Crippen LogP contribution in [0.2, 0.25) is 5.02 Å². The van der Waals surface area contributed by atoms with Gasteiger partial charge in [0.25, 0.3) is 0 Å². The highest BCUT2D eigenvalue weighted by molar-refractivity contribution is 7.17. The predicted octanol–water partition coefficient (Wildman–Crippen LogP) is 4.60. The van der Waals surface area contributed by atoms with Crippen LogP contribution in [-0.4, -0.2) is 25.1 Å². The second-order valence-corrected chi connectivity index (χ2v) is 7.17. The van der Waals surface area contributed by atoms with Gasteiger partial charge in [0, 0.05) is 34.6 Å². The summed E-state index contributed by atoms with van der Waals surface area (Å²) < 4.78 is 0. The fourth-order valence-corrected chi connectivity index (χ4v) is 3.73. The molecule has 4 nitrogen and oxygen atoms in total. The quantitative estimate of drug-likeness (QED) is 0.374. The average Bonchev–Trinajstić information content (AvgIpc) is 2.87. The van der Waals surface area contributed by atoms with Gasteiger partial charge in [-0.1, -0.05) is 23.7 Å². The molecule has 1 aromatic heterocycles. The Bertz CT molecular complexity index is 775. The van der Waals surface area contributed by atoms with E-state index in [1.165, 1.54) is 10.4 Å². The molecule has 0 atom stereocenters. The van der Waals surface area contributed by atoms with E-state index in [0.717, 1.165) is 32.7 Å². The summed E-state index contributed by atoms with van der Waals surface area (Å²) in [4.78, 5) is 8.05. The molecule has 2 aromatic rings. The van der Waals surface area contributed by atoms with Crippen LogP contribution in [0.1, 0.15) is 35.4 Å². The van der Waals surface area contributed by atoms with E-state index in [1.54, 1.807) is 11.3 Å². The van der Waals surface area contributed by atoms with Gasteiger partial charge in [-0.2, -0.15) is 5.10 Å². The molecule has 0 fully saturated rings. The monoisotopic (exact) mass is 362 g/mol. The van der Waals surface area contributed by atoms with Gasteiger partial charge in [-0.15, -0.1) is 11.3 Å². The zero-order valence-electron chi connectivity index (χ0n) is 14.7. The van der Waals surface area contributed by atoms with Gasteiger partial charge in [0.2, 0.25) is 0 Å². The second kappa shape index (κ2) is 7.81. The minimum atomic E-state index is 0.708. The number of nitrogens with two attached hydrogens (primary N) is 1. The van der Waals surface area contributed by atoms with E-state index in [1.807, 2.05) is 50.1 Å². The molecule has 0 radical (unpaired) electrons. The standard InChI is InChI=1S/C18H23ClN4S/c1-6-21-17(14-7-9-15(19)10-8-14)16-11(2)12(3)24-18(16)23(5)13(4)22-20/h7-10H,6,20H2,1-5H3/b21-17?,22-13-. The molecule has 128 valence electrons. The Labute approximate surface area is 152 Å². The molecule has 0 aliphatic heterocycles. The number of aliphatic imine (C=N–C) groups is 1. The SMILES string of the molecule is CCN=C(c1ccc(Cl)cc1)c1c(N(C)/C(C)=N\N)sc(C)c1C. The van der Waals surface area contributed by atoms with Crippen molar-refractivity contribution in [3.63, 3.8) is 0 Å². The van der Waals surface area contributed by atoms with Crippen LogP contribution >= 0.6 is 22.9 Å². The molecule has 0 aliphatic carbocycles. The lowest BCUT2D eigenvalue weighted by Crippen LogP contribution is -2.25. The summed E-state index contributed by atoms with van der Waals surface area (Å²) in [5.41, 5.74) is 4.39. The number of hydrazone groups is 1. The number of hydrogen-bond acceptors (Lipinski definition) is 4. The predicted molar refractivity (Wildman–Crippen MR) is 107 cm³/mol. The minimum absolute atomic E-state index is 0.708. The fraction of sp³-hybridized carbons (Fsp3) is 0.333. The third-order valence-electron chi connectivity index (χ3n) is 4.01. The summed E-state index contributed by atoms with van der Waals surface area (Å²) in [5.74, 6) is 6.23. The number of anilines is 1. The largest absolute Gasteiger partial charge is 0.323 e. The Balaban J connectivity index is 2.67. The van der Waals surface area contributed by atoms with E-state index in [2.05, 4.69) is 18.9 Å². The van der Waals surface area contributed by atoms with E-state index >= 15 is 0 Å². The Kier molecular flexibility index (Phi) is 6.02. The van der Waals surface area contributed by atoms with E-state index in [0.29, 0.717) is 6.54 Å². The number of amidine groups is 1. The first-order valence-electron chi connectivity index (χ1n) is 7.79. The van der Waals surface area contributed by atoms with Gasteiger partial charge in [0.15, 0.2) is 0 Å². The van der Waals surface area contributed by atoms with Crippen LogP contribution in [0.15, 0.2) is 34.4 Å². The molecule has 2 N–H and O–H groups in total. The van der Waals surface area contributed by atoms with E-state index < -0.39 is 0 Å². The summed E-state index contributed by atoms with van der Waals surface area (Å²) in [5, 5.41) is 5.64. The molecule has 24 heavy (non-hydrogen) atoms. The number of rotatable bonds is 4. The van der Waals surface area contributed by atoms with Crippen LogP contribution in [0.25, 0.3) is 0 Å². The first-order chi connectivity index (χ1) is 11.4. The van der Waals surface area contributed by atoms with Crippen LogP contribution in [0, 0.1) is 13.8 Å². The highest BCUT2D eigenvalue weighted by atomic mass is 35.5. The molecule has 0 aliphatic rings. The Morgan fingerprint density at radius 1 is 1.25 bits per heavy atom. The number of aryl methyl sites for hydroxylation is 1. The Morgan fingerprint density at radius 3 is 2.42 bits per heavy atom. The molecule has 6 heteroatoms. The second-order valence-electron chi connectivity index (χ2n) is 5.53. The van der Waals surface area contributed by atoms with Gasteiger partial charge >= 0.3 is 0 Å². The molecule has 0 saturated carbocycles. The van der Waals surface area contributed by atoms with Gasteiger partial charge in [-0.25, -0.2) is 0 Å². The maximum Gasteiger partial charge on any atom is 0.126 e. The van der Waals surface area contributed by atoms with Crippen LogP contribution < -0.4 is 10.7 Å². The first kappa shape index (κ1) is 18.5. The van der Waals surface area contributed by atoms with Gasteiger partial charge < -0.3 is 10.7 Å². The van der Waals surface area contributed by atoms with Crippen molar-refractivity contribution in [1.82, 2.24) is 0 Å². The van der Waals surface area contributed by atoms with Crippen molar-refractivity contribution >= 4 is 39.5 Å². The van der Waals surface area contributed by atoms with Crippen LogP contribution in [0.4, 0.5) is 5.00 Å². The van der Waals surface area contributed by atoms with Crippen molar-refractivity contribution in [1.29, 1.82) is 0 Å². The summed E-state index contributed by atoms with van der Waals surface area (Å²) in [6.45, 7) is 8.91. The summed E-state index contributed by atoms with van der Waals surface area (Å²) in [6.07, 6.45) is 0. The lowest BCUT2D eigenvalue weighted by molar-refractivity contribution is 1.12. The summed E-state index contributed by atoms with van der Waals surface area (Å²) >= 11 is 7.77. The highest BCUT2D eigenvalue weighted by Gasteiger charge is 2.22. The van der Waals surface area contributed by atoms with Gasteiger partial charge in [-0.3, -0.25) is 4.99 Å². The Morgan fingerprint density at radius 2 is 1.88 bits per heavy atom. The minimum Gasteiger partial charge on any atom is -0.323 e. The van der Waals surface area contributed by atoms with Gasteiger partial charge in [0.05, 0.1) is 5.71 Å². The van der Waals surface area contributed by atoms with Gasteiger partial charge in [0.1, 0.15) is 10.8 Å². The molecule has 0 spiro atoms. The normalized spacial score (nSPS) is 12.6. The molecular formula is C18H23ClN4S. The lowest BCUT2D eigenvalue weighted by atomic mass is 9.99. The molecule has 0 unspecified atom stereocenters. The van der Waals surface area contributed by atoms with Crippen molar-refractivity contribution in [2.24, 2.45) is 15.9 Å². The smallest absolute Gasteiger partial charge is 0.126 e. The van der Waals surface area contributed by atoms with E-state index in [-0.39, 0.29) is 0 Å².